The molecule has 7 heteroatoms. The van der Waals surface area contributed by atoms with Crippen molar-refractivity contribution in [3.05, 3.63) is 77.7 Å². The van der Waals surface area contributed by atoms with Crippen LogP contribution in [0.4, 0.5) is 11.5 Å². The van der Waals surface area contributed by atoms with E-state index in [1.54, 1.807) is 36.7 Å². The number of anilines is 2. The molecule has 2 aromatic heterocycles. The van der Waals surface area contributed by atoms with Crippen molar-refractivity contribution in [1.82, 2.24) is 9.97 Å². The maximum atomic E-state index is 12.7. The van der Waals surface area contributed by atoms with Crippen LogP contribution in [-0.4, -0.2) is 18.4 Å². The van der Waals surface area contributed by atoms with Crippen LogP contribution in [0.2, 0.25) is 0 Å². The Morgan fingerprint density at radius 2 is 1.71 bits per heavy atom. The standard InChI is InChI=1S/C21H22N4O2S/c26-28(27,20-7-5-17-3-1-2-4-18(17)13-20)25-19-6-8-21(24-15-19)23-14-16-9-11-22-12-10-16/h5-13,15,25H,1-4,14H2,(H,23,24). The summed E-state index contributed by atoms with van der Waals surface area (Å²) in [6, 6.07) is 12.7. The van der Waals surface area contributed by atoms with E-state index in [9.17, 15) is 8.42 Å². The monoisotopic (exact) mass is 394 g/mol. The molecule has 0 spiro atoms. The van der Waals surface area contributed by atoms with Gasteiger partial charge in [-0.3, -0.25) is 9.71 Å². The number of hydrogen-bond donors (Lipinski definition) is 2. The molecule has 0 fully saturated rings. The van der Waals surface area contributed by atoms with Gasteiger partial charge in [-0.25, -0.2) is 13.4 Å². The summed E-state index contributed by atoms with van der Waals surface area (Å²) in [5.74, 6) is 0.675. The molecule has 144 valence electrons. The smallest absolute Gasteiger partial charge is 0.261 e. The molecule has 3 aromatic rings. The van der Waals surface area contributed by atoms with Crippen LogP contribution in [0, 0.1) is 0 Å². The maximum absolute atomic E-state index is 12.7. The first-order valence-corrected chi connectivity index (χ1v) is 10.8. The molecule has 0 bridgehead atoms. The van der Waals surface area contributed by atoms with Crippen molar-refractivity contribution in [1.29, 1.82) is 0 Å². The van der Waals surface area contributed by atoms with Crippen LogP contribution in [0.5, 0.6) is 0 Å². The summed E-state index contributed by atoms with van der Waals surface area (Å²) in [4.78, 5) is 8.57. The third kappa shape index (κ3) is 4.31. The van der Waals surface area contributed by atoms with Gasteiger partial charge in [0.05, 0.1) is 16.8 Å². The summed E-state index contributed by atoms with van der Waals surface area (Å²) < 4.78 is 28.1. The largest absolute Gasteiger partial charge is 0.366 e. The molecule has 0 saturated carbocycles. The number of hydrogen-bond acceptors (Lipinski definition) is 5. The SMILES string of the molecule is O=S(=O)(Nc1ccc(NCc2ccncc2)nc1)c1ccc2c(c1)CCCC2. The van der Waals surface area contributed by atoms with Gasteiger partial charge in [0.1, 0.15) is 5.82 Å². The van der Waals surface area contributed by atoms with Crippen LogP contribution in [0.1, 0.15) is 29.5 Å². The van der Waals surface area contributed by atoms with Gasteiger partial charge in [0.25, 0.3) is 10.0 Å². The first-order valence-electron chi connectivity index (χ1n) is 9.34. The summed E-state index contributed by atoms with van der Waals surface area (Å²) in [5, 5.41) is 3.20. The quantitative estimate of drug-likeness (QED) is 0.665. The summed E-state index contributed by atoms with van der Waals surface area (Å²) in [6.07, 6.45) is 9.25. The van der Waals surface area contributed by atoms with Gasteiger partial charge in [0, 0.05) is 18.9 Å². The Bertz CT molecular complexity index is 1050. The van der Waals surface area contributed by atoms with Gasteiger partial charge in [0.15, 0.2) is 0 Å². The van der Waals surface area contributed by atoms with E-state index in [2.05, 4.69) is 20.0 Å². The molecule has 0 amide bonds. The number of fused-ring (bicyclic) bond motifs is 1. The number of aryl methyl sites for hydroxylation is 2. The van der Waals surface area contributed by atoms with Crippen molar-refractivity contribution >= 4 is 21.5 Å². The molecule has 0 saturated heterocycles. The second kappa shape index (κ2) is 7.98. The number of rotatable bonds is 6. The first kappa shape index (κ1) is 18.4. The number of nitrogens with one attached hydrogen (secondary N) is 2. The molecular formula is C21H22N4O2S. The molecule has 2 N–H and O–H groups in total. The number of nitrogens with zero attached hydrogens (tertiary/aromatic N) is 2. The lowest BCUT2D eigenvalue weighted by atomic mass is 9.92. The van der Waals surface area contributed by atoms with E-state index in [0.717, 1.165) is 30.4 Å². The highest BCUT2D eigenvalue weighted by atomic mass is 32.2. The van der Waals surface area contributed by atoms with E-state index in [0.29, 0.717) is 22.9 Å². The van der Waals surface area contributed by atoms with Gasteiger partial charge < -0.3 is 5.32 Å². The van der Waals surface area contributed by atoms with Gasteiger partial charge >= 0.3 is 0 Å². The molecule has 1 aliphatic rings. The zero-order chi connectivity index (χ0) is 19.4. The Balaban J connectivity index is 1.43. The van der Waals surface area contributed by atoms with Crippen LogP contribution < -0.4 is 10.0 Å². The Morgan fingerprint density at radius 1 is 0.929 bits per heavy atom. The average Bonchev–Trinajstić information content (AvgIpc) is 2.73. The van der Waals surface area contributed by atoms with Crippen LogP contribution in [0.15, 0.2) is 66.0 Å². The topological polar surface area (TPSA) is 84.0 Å². The first-order chi connectivity index (χ1) is 13.6. The third-order valence-corrected chi connectivity index (χ3v) is 6.25. The van der Waals surface area contributed by atoms with Crippen LogP contribution in [-0.2, 0) is 29.4 Å². The Kier molecular flexibility index (Phi) is 5.25. The van der Waals surface area contributed by atoms with E-state index in [-0.39, 0.29) is 0 Å². The zero-order valence-corrected chi connectivity index (χ0v) is 16.2. The second-order valence-corrected chi connectivity index (χ2v) is 8.57. The predicted octanol–water partition coefficient (Wildman–Crippen LogP) is 3.77. The second-order valence-electron chi connectivity index (χ2n) is 6.88. The summed E-state index contributed by atoms with van der Waals surface area (Å²) >= 11 is 0. The van der Waals surface area contributed by atoms with Crippen molar-refractivity contribution in [3.63, 3.8) is 0 Å². The lowest BCUT2D eigenvalue weighted by Gasteiger charge is -2.17. The fraction of sp³-hybridized carbons (Fsp3) is 0.238. The zero-order valence-electron chi connectivity index (χ0n) is 15.4. The predicted molar refractivity (Wildman–Crippen MR) is 110 cm³/mol. The van der Waals surface area contributed by atoms with E-state index < -0.39 is 10.0 Å². The molecule has 0 atom stereocenters. The van der Waals surface area contributed by atoms with E-state index >= 15 is 0 Å². The highest BCUT2D eigenvalue weighted by Gasteiger charge is 2.18. The van der Waals surface area contributed by atoms with E-state index in [1.165, 1.54) is 18.2 Å². The molecule has 6 nitrogen and oxygen atoms in total. The molecule has 0 aliphatic heterocycles. The van der Waals surface area contributed by atoms with Crippen LogP contribution in [0.3, 0.4) is 0 Å². The number of aromatic nitrogens is 2. The van der Waals surface area contributed by atoms with Crippen LogP contribution in [0.25, 0.3) is 0 Å². The third-order valence-electron chi connectivity index (χ3n) is 4.87. The number of benzene rings is 1. The average molecular weight is 395 g/mol. The summed E-state index contributed by atoms with van der Waals surface area (Å²) in [5.41, 5.74) is 3.93. The molecule has 1 aromatic carbocycles. The minimum atomic E-state index is -3.63. The van der Waals surface area contributed by atoms with Crippen molar-refractivity contribution < 1.29 is 8.42 Å². The molecule has 0 radical (unpaired) electrons. The normalized spacial score (nSPS) is 13.6. The van der Waals surface area contributed by atoms with Crippen molar-refractivity contribution in [2.24, 2.45) is 0 Å². The Hall–Kier alpha value is -2.93. The fourth-order valence-electron chi connectivity index (χ4n) is 3.34. The molecule has 4 rings (SSSR count). The lowest BCUT2D eigenvalue weighted by Crippen LogP contribution is -2.14. The van der Waals surface area contributed by atoms with E-state index in [4.69, 9.17) is 0 Å². The minimum absolute atomic E-state index is 0.299. The fourth-order valence-corrected chi connectivity index (χ4v) is 4.44. The minimum Gasteiger partial charge on any atom is -0.366 e. The highest BCUT2D eigenvalue weighted by Crippen LogP contribution is 2.25. The molecule has 2 heterocycles. The Morgan fingerprint density at radius 3 is 2.46 bits per heavy atom. The van der Waals surface area contributed by atoms with Gasteiger partial charge in [-0.15, -0.1) is 0 Å². The molecular weight excluding hydrogens is 372 g/mol. The van der Waals surface area contributed by atoms with Crippen LogP contribution >= 0.6 is 0 Å². The number of pyridine rings is 2. The van der Waals surface area contributed by atoms with Crippen molar-refractivity contribution in [2.45, 2.75) is 37.1 Å². The molecule has 28 heavy (non-hydrogen) atoms. The summed E-state index contributed by atoms with van der Waals surface area (Å²) in [6.45, 7) is 0.621. The number of sulfonamides is 1. The van der Waals surface area contributed by atoms with Gasteiger partial charge in [-0.05, 0) is 78.8 Å². The van der Waals surface area contributed by atoms with Gasteiger partial charge in [-0.2, -0.15) is 0 Å². The van der Waals surface area contributed by atoms with Gasteiger partial charge in [0.2, 0.25) is 0 Å². The summed E-state index contributed by atoms with van der Waals surface area (Å²) in [7, 11) is -3.63. The molecule has 1 aliphatic carbocycles. The van der Waals surface area contributed by atoms with Crippen molar-refractivity contribution in [2.75, 3.05) is 10.0 Å². The van der Waals surface area contributed by atoms with Gasteiger partial charge in [-0.1, -0.05) is 6.07 Å². The van der Waals surface area contributed by atoms with E-state index in [1.807, 2.05) is 18.2 Å². The Labute approximate surface area is 165 Å². The maximum Gasteiger partial charge on any atom is 0.261 e. The lowest BCUT2D eigenvalue weighted by molar-refractivity contribution is 0.600. The molecule has 0 unspecified atom stereocenters. The van der Waals surface area contributed by atoms with Crippen molar-refractivity contribution in [3.8, 4) is 0 Å². The highest BCUT2D eigenvalue weighted by molar-refractivity contribution is 7.92.